The van der Waals surface area contributed by atoms with Gasteiger partial charge in [0, 0.05) is 69.3 Å². The van der Waals surface area contributed by atoms with Gasteiger partial charge in [0.1, 0.15) is 12.4 Å². The number of piperazine rings is 1. The Morgan fingerprint density at radius 2 is 1.85 bits per heavy atom. The molecule has 1 fully saturated rings. The fourth-order valence-electron chi connectivity index (χ4n) is 4.39. The van der Waals surface area contributed by atoms with E-state index in [2.05, 4.69) is 24.9 Å². The largest absolute Gasteiger partial charge is 0.349 e. The summed E-state index contributed by atoms with van der Waals surface area (Å²) >= 11 is 0. The van der Waals surface area contributed by atoms with Crippen LogP contribution in [0.15, 0.2) is 36.8 Å². The summed E-state index contributed by atoms with van der Waals surface area (Å²) in [5.41, 5.74) is 2.25. The Morgan fingerprint density at radius 3 is 2.59 bits per heavy atom. The summed E-state index contributed by atoms with van der Waals surface area (Å²) in [5, 5.41) is 0. The average Bonchev–Trinajstić information content (AvgIpc) is 2.84. The van der Waals surface area contributed by atoms with Gasteiger partial charge in [-0.2, -0.15) is 4.39 Å². The first-order valence-electron chi connectivity index (χ1n) is 11.0. The SMILES string of the molecule is CC(=O)N1CCN(c2cc(F)nc(N3CCc4nc(-c5ncccn5)ncc4C3C)c2)C(=O)C1. The molecule has 1 unspecified atom stereocenters. The molecule has 34 heavy (non-hydrogen) atoms. The first-order valence-corrected chi connectivity index (χ1v) is 11.0. The highest BCUT2D eigenvalue weighted by Gasteiger charge is 2.30. The van der Waals surface area contributed by atoms with Crippen LogP contribution < -0.4 is 9.80 Å². The average molecular weight is 462 g/mol. The summed E-state index contributed by atoms with van der Waals surface area (Å²) in [6.45, 7) is 4.68. The second kappa shape index (κ2) is 8.73. The number of fused-ring (bicyclic) bond motifs is 1. The Balaban J connectivity index is 1.41. The Labute approximate surface area is 195 Å². The minimum atomic E-state index is -0.667. The fourth-order valence-corrected chi connectivity index (χ4v) is 4.39. The van der Waals surface area contributed by atoms with Crippen molar-refractivity contribution < 1.29 is 14.0 Å². The van der Waals surface area contributed by atoms with Gasteiger partial charge in [0.05, 0.1) is 17.4 Å². The number of halogens is 1. The lowest BCUT2D eigenvalue weighted by molar-refractivity contribution is -0.135. The summed E-state index contributed by atoms with van der Waals surface area (Å²) in [7, 11) is 0. The van der Waals surface area contributed by atoms with E-state index in [4.69, 9.17) is 0 Å². The smallest absolute Gasteiger partial charge is 0.246 e. The van der Waals surface area contributed by atoms with Gasteiger partial charge in [0.25, 0.3) is 0 Å². The number of carbonyl (C=O) groups is 2. The van der Waals surface area contributed by atoms with Crippen molar-refractivity contribution in [3.05, 3.63) is 54.0 Å². The van der Waals surface area contributed by atoms with Gasteiger partial charge in [-0.25, -0.2) is 24.9 Å². The second-order valence-corrected chi connectivity index (χ2v) is 8.28. The number of rotatable bonds is 3. The number of carbonyl (C=O) groups excluding carboxylic acids is 2. The Morgan fingerprint density at radius 1 is 1.06 bits per heavy atom. The van der Waals surface area contributed by atoms with Gasteiger partial charge in [-0.15, -0.1) is 0 Å². The molecule has 1 atom stereocenters. The lowest BCUT2D eigenvalue weighted by Crippen LogP contribution is -2.52. The molecule has 0 aromatic carbocycles. The van der Waals surface area contributed by atoms with Crippen LogP contribution in [-0.4, -0.2) is 67.8 Å². The van der Waals surface area contributed by atoms with E-state index in [-0.39, 0.29) is 24.4 Å². The minimum absolute atomic E-state index is 0.0209. The van der Waals surface area contributed by atoms with Crippen LogP contribution in [0.5, 0.6) is 0 Å². The van der Waals surface area contributed by atoms with Crippen LogP contribution in [0.2, 0.25) is 0 Å². The predicted molar refractivity (Wildman–Crippen MR) is 121 cm³/mol. The van der Waals surface area contributed by atoms with Crippen molar-refractivity contribution >= 4 is 23.3 Å². The standard InChI is InChI=1S/C23H23FN8O2/c1-14-17-12-27-23(22-25-5-3-6-26-22)28-18(17)4-7-31(14)20-11-16(10-19(24)29-20)32-9-8-30(15(2)33)13-21(32)34/h3,5-6,10-12,14H,4,7-9,13H2,1-2H3. The number of anilines is 2. The third-order valence-corrected chi connectivity index (χ3v) is 6.21. The molecule has 5 rings (SSSR count). The molecule has 1 saturated heterocycles. The van der Waals surface area contributed by atoms with Crippen LogP contribution in [0.25, 0.3) is 11.6 Å². The molecule has 3 aromatic heterocycles. The third-order valence-electron chi connectivity index (χ3n) is 6.21. The second-order valence-electron chi connectivity index (χ2n) is 8.28. The molecule has 0 bridgehead atoms. The molecule has 2 aliphatic heterocycles. The zero-order valence-electron chi connectivity index (χ0n) is 18.8. The zero-order chi connectivity index (χ0) is 23.8. The van der Waals surface area contributed by atoms with Crippen molar-refractivity contribution in [1.29, 1.82) is 0 Å². The quantitative estimate of drug-likeness (QED) is 0.542. The molecule has 0 spiro atoms. The molecule has 5 heterocycles. The molecule has 2 amide bonds. The van der Waals surface area contributed by atoms with Crippen LogP contribution >= 0.6 is 0 Å². The highest BCUT2D eigenvalue weighted by molar-refractivity contribution is 5.98. The van der Waals surface area contributed by atoms with Gasteiger partial charge in [-0.1, -0.05) is 0 Å². The number of pyridine rings is 1. The van der Waals surface area contributed by atoms with Gasteiger partial charge < -0.3 is 14.7 Å². The molecule has 0 radical (unpaired) electrons. The highest BCUT2D eigenvalue weighted by atomic mass is 19.1. The predicted octanol–water partition coefficient (Wildman–Crippen LogP) is 1.79. The highest BCUT2D eigenvalue weighted by Crippen LogP contribution is 2.34. The lowest BCUT2D eigenvalue weighted by Gasteiger charge is -2.37. The van der Waals surface area contributed by atoms with Gasteiger partial charge in [-0.05, 0) is 13.0 Å². The number of amides is 2. The van der Waals surface area contributed by atoms with Crippen molar-refractivity contribution in [2.75, 3.05) is 36.0 Å². The van der Waals surface area contributed by atoms with Crippen LogP contribution in [0.4, 0.5) is 15.9 Å². The van der Waals surface area contributed by atoms with E-state index >= 15 is 0 Å². The van der Waals surface area contributed by atoms with Crippen molar-refractivity contribution in [3.63, 3.8) is 0 Å². The first kappa shape index (κ1) is 21.8. The summed E-state index contributed by atoms with van der Waals surface area (Å²) in [5.74, 6) is 0.296. The molecule has 3 aromatic rings. The van der Waals surface area contributed by atoms with Gasteiger partial charge in [0.2, 0.25) is 17.8 Å². The van der Waals surface area contributed by atoms with E-state index in [1.807, 2.05) is 11.8 Å². The van der Waals surface area contributed by atoms with Crippen molar-refractivity contribution in [1.82, 2.24) is 29.8 Å². The van der Waals surface area contributed by atoms with E-state index < -0.39 is 5.95 Å². The van der Waals surface area contributed by atoms with Crippen molar-refractivity contribution in [2.45, 2.75) is 26.3 Å². The van der Waals surface area contributed by atoms with E-state index in [1.54, 1.807) is 30.7 Å². The first-order chi connectivity index (χ1) is 16.4. The van der Waals surface area contributed by atoms with E-state index in [1.165, 1.54) is 22.8 Å². The Kier molecular flexibility index (Phi) is 5.60. The zero-order valence-corrected chi connectivity index (χ0v) is 18.8. The Hall–Kier alpha value is -4.02. The van der Waals surface area contributed by atoms with E-state index in [0.29, 0.717) is 49.2 Å². The van der Waals surface area contributed by atoms with Gasteiger partial charge >= 0.3 is 0 Å². The summed E-state index contributed by atoms with van der Waals surface area (Å²) in [4.78, 5) is 50.8. The van der Waals surface area contributed by atoms with E-state index in [0.717, 1.165) is 11.3 Å². The van der Waals surface area contributed by atoms with E-state index in [9.17, 15) is 14.0 Å². The lowest BCUT2D eigenvalue weighted by atomic mass is 9.99. The molecular weight excluding hydrogens is 439 g/mol. The molecule has 11 heteroatoms. The summed E-state index contributed by atoms with van der Waals surface area (Å²) in [6, 6.07) is 4.56. The molecule has 0 N–H and O–H groups in total. The molecule has 0 aliphatic carbocycles. The topological polar surface area (TPSA) is 108 Å². The van der Waals surface area contributed by atoms with Crippen molar-refractivity contribution in [3.8, 4) is 11.6 Å². The van der Waals surface area contributed by atoms with Crippen LogP contribution in [0.3, 0.4) is 0 Å². The number of hydrogen-bond donors (Lipinski definition) is 0. The third kappa shape index (κ3) is 4.04. The van der Waals surface area contributed by atoms with Crippen LogP contribution in [0.1, 0.15) is 31.1 Å². The van der Waals surface area contributed by atoms with Crippen molar-refractivity contribution in [2.24, 2.45) is 0 Å². The van der Waals surface area contributed by atoms with Gasteiger partial charge in [-0.3, -0.25) is 9.59 Å². The maximum absolute atomic E-state index is 14.6. The molecule has 10 nitrogen and oxygen atoms in total. The minimum Gasteiger partial charge on any atom is -0.349 e. The number of hydrogen-bond acceptors (Lipinski definition) is 8. The van der Waals surface area contributed by atoms with Crippen LogP contribution in [0, 0.1) is 5.95 Å². The molecular formula is C23H23FN8O2. The maximum Gasteiger partial charge on any atom is 0.246 e. The molecule has 2 aliphatic rings. The number of aromatic nitrogens is 5. The van der Waals surface area contributed by atoms with Gasteiger partial charge in [0.15, 0.2) is 11.6 Å². The maximum atomic E-state index is 14.6. The van der Waals surface area contributed by atoms with Crippen LogP contribution in [-0.2, 0) is 16.0 Å². The summed E-state index contributed by atoms with van der Waals surface area (Å²) < 4.78 is 14.6. The summed E-state index contributed by atoms with van der Waals surface area (Å²) in [6.07, 6.45) is 5.67. The fraction of sp³-hybridized carbons (Fsp3) is 0.348. The Bertz CT molecular complexity index is 1250. The molecule has 174 valence electrons. The number of nitrogens with zero attached hydrogens (tertiary/aromatic N) is 8. The monoisotopic (exact) mass is 462 g/mol. The normalized spacial score (nSPS) is 18.1. The molecule has 0 saturated carbocycles.